The molecular weight excluding hydrogens is 326 g/mol. The third kappa shape index (κ3) is 5.01. The zero-order valence-corrected chi connectivity index (χ0v) is 15.4. The summed E-state index contributed by atoms with van der Waals surface area (Å²) in [6.45, 7) is 0.736. The van der Waals surface area contributed by atoms with Crippen LogP contribution in [0.2, 0.25) is 0 Å². The third-order valence-corrected chi connectivity index (χ3v) is 4.84. The number of rotatable bonds is 8. The molecule has 0 atom stereocenters. The van der Waals surface area contributed by atoms with Crippen LogP contribution in [0, 0.1) is 0 Å². The lowest BCUT2D eigenvalue weighted by Gasteiger charge is -2.19. The van der Waals surface area contributed by atoms with E-state index < -0.39 is 0 Å². The number of carbonyl (C=O) groups is 1. The van der Waals surface area contributed by atoms with Gasteiger partial charge in [0.05, 0.1) is 7.11 Å². The molecule has 3 rings (SSSR count). The van der Waals surface area contributed by atoms with E-state index in [1.165, 1.54) is 29.5 Å². The van der Waals surface area contributed by atoms with Crippen LogP contribution in [0.5, 0.6) is 11.5 Å². The molecule has 1 amide bonds. The Morgan fingerprint density at radius 2 is 1.88 bits per heavy atom. The Labute approximate surface area is 155 Å². The number of hydrogen-bond donors (Lipinski definition) is 1. The van der Waals surface area contributed by atoms with Crippen molar-refractivity contribution in [2.24, 2.45) is 0 Å². The summed E-state index contributed by atoms with van der Waals surface area (Å²) in [5.41, 5.74) is 3.90. The molecule has 1 aliphatic rings. The van der Waals surface area contributed by atoms with Crippen molar-refractivity contribution in [1.82, 2.24) is 5.32 Å². The summed E-state index contributed by atoms with van der Waals surface area (Å²) in [6.07, 6.45) is 6.44. The van der Waals surface area contributed by atoms with E-state index in [1.807, 2.05) is 24.3 Å². The molecule has 0 aliphatic heterocycles. The van der Waals surface area contributed by atoms with E-state index in [-0.39, 0.29) is 12.5 Å². The second kappa shape index (κ2) is 9.27. The summed E-state index contributed by atoms with van der Waals surface area (Å²) in [5.74, 6) is 1.67. The van der Waals surface area contributed by atoms with Crippen molar-refractivity contribution in [3.05, 3.63) is 59.2 Å². The molecule has 2 aromatic carbocycles. The van der Waals surface area contributed by atoms with Crippen molar-refractivity contribution in [2.45, 2.75) is 38.5 Å². The first-order valence-electron chi connectivity index (χ1n) is 9.39. The third-order valence-electron chi connectivity index (χ3n) is 4.84. The lowest BCUT2D eigenvalue weighted by atomic mass is 9.91. The Bertz CT molecular complexity index is 725. The van der Waals surface area contributed by atoms with E-state index in [0.717, 1.165) is 37.2 Å². The van der Waals surface area contributed by atoms with Crippen LogP contribution in [0.25, 0.3) is 0 Å². The van der Waals surface area contributed by atoms with E-state index in [2.05, 4.69) is 23.5 Å². The van der Waals surface area contributed by atoms with Crippen LogP contribution in [-0.4, -0.2) is 26.2 Å². The van der Waals surface area contributed by atoms with Crippen LogP contribution >= 0.6 is 0 Å². The van der Waals surface area contributed by atoms with Gasteiger partial charge in [0.1, 0.15) is 11.5 Å². The summed E-state index contributed by atoms with van der Waals surface area (Å²) in [7, 11) is 1.66. The average molecular weight is 353 g/mol. The van der Waals surface area contributed by atoms with Crippen molar-refractivity contribution in [3.8, 4) is 11.5 Å². The molecule has 0 saturated heterocycles. The van der Waals surface area contributed by atoms with Crippen LogP contribution in [0.1, 0.15) is 36.0 Å². The van der Waals surface area contributed by atoms with E-state index in [1.54, 1.807) is 7.11 Å². The predicted octanol–water partition coefficient (Wildman–Crippen LogP) is 3.70. The van der Waals surface area contributed by atoms with Crippen molar-refractivity contribution < 1.29 is 14.3 Å². The van der Waals surface area contributed by atoms with E-state index in [0.29, 0.717) is 6.54 Å². The first-order chi connectivity index (χ1) is 12.8. The van der Waals surface area contributed by atoms with Gasteiger partial charge in [0.15, 0.2) is 6.61 Å². The van der Waals surface area contributed by atoms with Crippen LogP contribution < -0.4 is 14.8 Å². The normalized spacial score (nSPS) is 13.0. The number of hydrogen-bond acceptors (Lipinski definition) is 3. The molecule has 0 fully saturated rings. The first kappa shape index (κ1) is 18.3. The highest BCUT2D eigenvalue weighted by atomic mass is 16.5. The molecule has 0 spiro atoms. The van der Waals surface area contributed by atoms with Crippen LogP contribution in [0.4, 0.5) is 0 Å². The largest absolute Gasteiger partial charge is 0.497 e. The van der Waals surface area contributed by atoms with Crippen molar-refractivity contribution in [2.75, 3.05) is 20.3 Å². The topological polar surface area (TPSA) is 47.6 Å². The lowest BCUT2D eigenvalue weighted by Crippen LogP contribution is -2.30. The highest BCUT2D eigenvalue weighted by Crippen LogP contribution is 2.29. The molecule has 2 aromatic rings. The minimum absolute atomic E-state index is 0.0619. The van der Waals surface area contributed by atoms with Gasteiger partial charge >= 0.3 is 0 Å². The number of aryl methyl sites for hydroxylation is 2. The fourth-order valence-corrected chi connectivity index (χ4v) is 3.39. The fourth-order valence-electron chi connectivity index (χ4n) is 3.39. The zero-order chi connectivity index (χ0) is 18.2. The molecule has 138 valence electrons. The molecule has 26 heavy (non-hydrogen) atoms. The summed E-state index contributed by atoms with van der Waals surface area (Å²) < 4.78 is 10.9. The number of ether oxygens (including phenoxy) is 2. The Kier molecular flexibility index (Phi) is 6.53. The van der Waals surface area contributed by atoms with Crippen LogP contribution in [-0.2, 0) is 24.1 Å². The average Bonchev–Trinajstić information content (AvgIpc) is 2.70. The minimum atomic E-state index is -0.0619. The van der Waals surface area contributed by atoms with E-state index in [9.17, 15) is 4.79 Å². The number of carbonyl (C=O) groups excluding carboxylic acids is 1. The van der Waals surface area contributed by atoms with E-state index >= 15 is 0 Å². The fraction of sp³-hybridized carbons (Fsp3) is 0.409. The highest BCUT2D eigenvalue weighted by molar-refractivity contribution is 5.77. The Balaban J connectivity index is 1.38. The zero-order valence-electron chi connectivity index (χ0n) is 15.4. The quantitative estimate of drug-likeness (QED) is 0.736. The number of amides is 1. The van der Waals surface area contributed by atoms with Crippen LogP contribution in [0.3, 0.4) is 0 Å². The molecule has 4 heteroatoms. The maximum atomic E-state index is 12.0. The van der Waals surface area contributed by atoms with Crippen LogP contribution in [0.15, 0.2) is 42.5 Å². The molecule has 0 aromatic heterocycles. The summed E-state index contributed by atoms with van der Waals surface area (Å²) in [4.78, 5) is 12.0. The van der Waals surface area contributed by atoms with Gasteiger partial charge < -0.3 is 14.8 Å². The van der Waals surface area contributed by atoms with Gasteiger partial charge in [0.25, 0.3) is 5.91 Å². The summed E-state index contributed by atoms with van der Waals surface area (Å²) >= 11 is 0. The second-order valence-corrected chi connectivity index (χ2v) is 6.69. The first-order valence-corrected chi connectivity index (χ1v) is 9.39. The van der Waals surface area contributed by atoms with Gasteiger partial charge in [-0.05, 0) is 73.4 Å². The molecule has 0 radical (unpaired) electrons. The van der Waals surface area contributed by atoms with Gasteiger partial charge in [-0.25, -0.2) is 0 Å². The highest BCUT2D eigenvalue weighted by Gasteiger charge is 2.14. The number of methoxy groups -OCH3 is 1. The molecule has 1 aliphatic carbocycles. The van der Waals surface area contributed by atoms with E-state index in [4.69, 9.17) is 9.47 Å². The van der Waals surface area contributed by atoms with Gasteiger partial charge in [-0.15, -0.1) is 0 Å². The van der Waals surface area contributed by atoms with Gasteiger partial charge in [-0.3, -0.25) is 4.79 Å². The van der Waals surface area contributed by atoms with Crippen molar-refractivity contribution >= 4 is 5.91 Å². The van der Waals surface area contributed by atoms with Gasteiger partial charge in [0.2, 0.25) is 0 Å². The molecule has 1 N–H and O–H groups in total. The number of fused-ring (bicyclic) bond motifs is 1. The smallest absolute Gasteiger partial charge is 0.257 e. The molecule has 4 nitrogen and oxygen atoms in total. The molecule has 0 unspecified atom stereocenters. The maximum Gasteiger partial charge on any atom is 0.257 e. The Morgan fingerprint density at radius 3 is 2.69 bits per heavy atom. The number of benzene rings is 2. The van der Waals surface area contributed by atoms with Gasteiger partial charge in [-0.1, -0.05) is 24.3 Å². The Hall–Kier alpha value is -2.49. The number of nitrogens with one attached hydrogen (secondary N) is 1. The Morgan fingerprint density at radius 1 is 1.08 bits per heavy atom. The SMILES string of the molecule is COc1ccc(CCCNC(=O)COc2cccc3c2CCCC3)cc1. The second-order valence-electron chi connectivity index (χ2n) is 6.69. The molecule has 0 saturated carbocycles. The maximum absolute atomic E-state index is 12.0. The minimum Gasteiger partial charge on any atom is -0.497 e. The summed E-state index contributed by atoms with van der Waals surface area (Å²) in [6, 6.07) is 14.2. The van der Waals surface area contributed by atoms with Gasteiger partial charge in [-0.2, -0.15) is 0 Å². The van der Waals surface area contributed by atoms with Crippen molar-refractivity contribution in [1.29, 1.82) is 0 Å². The molecular formula is C22H27NO3. The lowest BCUT2D eigenvalue weighted by molar-refractivity contribution is -0.123. The molecule has 0 heterocycles. The molecule has 0 bridgehead atoms. The van der Waals surface area contributed by atoms with Crippen molar-refractivity contribution in [3.63, 3.8) is 0 Å². The summed E-state index contributed by atoms with van der Waals surface area (Å²) in [5, 5.41) is 2.94. The monoisotopic (exact) mass is 353 g/mol. The predicted molar refractivity (Wildman–Crippen MR) is 103 cm³/mol. The standard InChI is InChI=1S/C22H27NO3/c1-25-19-13-11-17(12-14-19)6-5-15-23-22(24)16-26-21-10-4-8-18-7-2-3-9-20(18)21/h4,8,10-14H,2-3,5-7,9,15-16H2,1H3,(H,23,24). The van der Waals surface area contributed by atoms with Gasteiger partial charge in [0, 0.05) is 6.54 Å².